The number of thiocarbonyl (C=S) groups is 1. The summed E-state index contributed by atoms with van der Waals surface area (Å²) in [6, 6.07) is 2.36. The van der Waals surface area contributed by atoms with Gasteiger partial charge in [-0.3, -0.25) is 9.97 Å². The third-order valence-electron chi connectivity index (χ3n) is 5.82. The van der Waals surface area contributed by atoms with Crippen LogP contribution in [0.1, 0.15) is 47.7 Å². The van der Waals surface area contributed by atoms with Crippen LogP contribution in [-0.2, 0) is 40.8 Å². The fourth-order valence-corrected chi connectivity index (χ4v) is 4.54. The molecule has 2 aliphatic carbocycles. The van der Waals surface area contributed by atoms with Gasteiger partial charge < -0.3 is 20.5 Å². The Kier molecular flexibility index (Phi) is 5.97. The zero-order valence-electron chi connectivity index (χ0n) is 17.0. The van der Waals surface area contributed by atoms with E-state index in [0.29, 0.717) is 5.11 Å². The monoisotopic (exact) mass is 426 g/mol. The highest BCUT2D eigenvalue weighted by Crippen LogP contribution is 2.38. The average molecular weight is 427 g/mol. The second kappa shape index (κ2) is 8.65. The predicted octanol–water partition coefficient (Wildman–Crippen LogP) is 2.19. The largest absolute Gasteiger partial charge is 0.463 e. The molecular weight excluding hydrogens is 400 g/mol. The molecule has 7 nitrogen and oxygen atoms in total. The zero-order valence-corrected chi connectivity index (χ0v) is 17.8. The molecule has 0 radical (unpaired) electrons. The van der Waals surface area contributed by atoms with Gasteiger partial charge in [0, 0.05) is 18.1 Å². The summed E-state index contributed by atoms with van der Waals surface area (Å²) in [5, 5.41) is 17.8. The molecule has 1 unspecified atom stereocenters. The van der Waals surface area contributed by atoms with Crippen LogP contribution >= 0.6 is 12.2 Å². The molecule has 0 amide bonds. The lowest BCUT2D eigenvalue weighted by Gasteiger charge is -2.26. The first-order chi connectivity index (χ1) is 14.5. The maximum atomic E-state index is 12.5. The molecule has 8 heteroatoms. The number of nitrogens with one attached hydrogen (secondary N) is 2. The number of anilines is 1. The van der Waals surface area contributed by atoms with Crippen molar-refractivity contribution in [3.05, 3.63) is 52.6 Å². The summed E-state index contributed by atoms with van der Waals surface area (Å²) >= 11 is 5.53. The fraction of sp³-hybridized carbons (Fsp3) is 0.455. The van der Waals surface area contributed by atoms with Crippen LogP contribution in [-0.4, -0.2) is 39.3 Å². The van der Waals surface area contributed by atoms with E-state index in [1.807, 2.05) is 0 Å². The molecule has 158 valence electrons. The van der Waals surface area contributed by atoms with Gasteiger partial charge in [-0.25, -0.2) is 4.79 Å². The molecule has 0 saturated heterocycles. The molecule has 0 bridgehead atoms. The quantitative estimate of drug-likeness (QED) is 0.478. The molecule has 3 N–H and O–H groups in total. The second-order valence-corrected chi connectivity index (χ2v) is 8.12. The van der Waals surface area contributed by atoms with Gasteiger partial charge >= 0.3 is 5.97 Å². The van der Waals surface area contributed by atoms with Gasteiger partial charge in [-0.05, 0) is 79.9 Å². The highest BCUT2D eigenvalue weighted by Gasteiger charge is 2.41. The van der Waals surface area contributed by atoms with Gasteiger partial charge in [-0.1, -0.05) is 6.07 Å². The third kappa shape index (κ3) is 3.89. The van der Waals surface area contributed by atoms with E-state index < -0.39 is 11.6 Å². The number of aryl methyl sites for hydroxylation is 2. The van der Waals surface area contributed by atoms with Gasteiger partial charge in [0.15, 0.2) is 5.11 Å². The van der Waals surface area contributed by atoms with Crippen molar-refractivity contribution in [2.75, 3.05) is 18.5 Å². The van der Waals surface area contributed by atoms with Crippen molar-refractivity contribution in [1.82, 2.24) is 15.3 Å². The molecule has 4 rings (SSSR count). The Morgan fingerprint density at radius 3 is 2.50 bits per heavy atom. The van der Waals surface area contributed by atoms with Crippen molar-refractivity contribution < 1.29 is 14.6 Å². The number of fused-ring (bicyclic) bond motifs is 2. The maximum Gasteiger partial charge on any atom is 0.346 e. The number of benzene rings is 1. The Hall–Kier alpha value is -2.58. The van der Waals surface area contributed by atoms with E-state index in [0.717, 1.165) is 44.2 Å². The molecule has 30 heavy (non-hydrogen) atoms. The minimum Gasteiger partial charge on any atom is -0.463 e. The van der Waals surface area contributed by atoms with Crippen LogP contribution in [0.25, 0.3) is 0 Å². The van der Waals surface area contributed by atoms with Crippen molar-refractivity contribution in [1.29, 1.82) is 0 Å². The average Bonchev–Trinajstić information content (AvgIpc) is 3.42. The highest BCUT2D eigenvalue weighted by atomic mass is 32.1. The molecule has 0 fully saturated rings. The summed E-state index contributed by atoms with van der Waals surface area (Å²) in [5.74, 6) is -0.790. The third-order valence-corrected chi connectivity index (χ3v) is 6.06. The fourth-order valence-electron chi connectivity index (χ4n) is 4.36. The minimum absolute atomic E-state index is 0.111. The summed E-state index contributed by atoms with van der Waals surface area (Å²) in [6.07, 6.45) is 10.9. The molecule has 2 aromatic rings. The zero-order chi connectivity index (χ0) is 21.1. The summed E-state index contributed by atoms with van der Waals surface area (Å²) in [6.45, 7) is 1.66. The van der Waals surface area contributed by atoms with Crippen molar-refractivity contribution in [2.45, 2.75) is 51.0 Å². The number of aliphatic hydroxyl groups is 1. The van der Waals surface area contributed by atoms with E-state index >= 15 is 0 Å². The molecule has 1 aromatic carbocycles. The molecule has 0 spiro atoms. The maximum absolute atomic E-state index is 12.5. The Morgan fingerprint density at radius 2 is 1.90 bits per heavy atom. The van der Waals surface area contributed by atoms with Crippen molar-refractivity contribution in [3.63, 3.8) is 0 Å². The molecule has 2 aliphatic rings. The minimum atomic E-state index is -1.99. The smallest absolute Gasteiger partial charge is 0.346 e. The number of ether oxygens (including phenoxy) is 1. The Balaban J connectivity index is 1.52. The van der Waals surface area contributed by atoms with E-state index in [9.17, 15) is 9.90 Å². The summed E-state index contributed by atoms with van der Waals surface area (Å²) in [7, 11) is 0. The van der Waals surface area contributed by atoms with Crippen LogP contribution in [0.5, 0.6) is 0 Å². The Labute approximate surface area is 181 Å². The van der Waals surface area contributed by atoms with E-state index in [1.54, 1.807) is 6.92 Å². The SMILES string of the molecule is CCOC(=O)C(O)(CNC(=S)Nc1c2c(cc3c1CCC3)CCC2)c1cnccn1. The van der Waals surface area contributed by atoms with Gasteiger partial charge in [-0.2, -0.15) is 0 Å². The van der Waals surface area contributed by atoms with Gasteiger partial charge in [0.25, 0.3) is 0 Å². The summed E-state index contributed by atoms with van der Waals surface area (Å²) in [5.41, 5.74) is 4.72. The molecule has 0 aliphatic heterocycles. The predicted molar refractivity (Wildman–Crippen MR) is 117 cm³/mol. The summed E-state index contributed by atoms with van der Waals surface area (Å²) in [4.78, 5) is 20.6. The van der Waals surface area contributed by atoms with Crippen LogP contribution in [0.15, 0.2) is 24.7 Å². The first-order valence-electron chi connectivity index (χ1n) is 10.4. The lowest BCUT2D eigenvalue weighted by Crippen LogP contribution is -2.49. The number of rotatable bonds is 6. The Bertz CT molecular complexity index is 934. The lowest BCUT2D eigenvalue weighted by molar-refractivity contribution is -0.166. The first-order valence-corrected chi connectivity index (χ1v) is 10.8. The van der Waals surface area contributed by atoms with Gasteiger partial charge in [0.2, 0.25) is 5.60 Å². The number of carbonyl (C=O) groups excluding carboxylic acids is 1. The van der Waals surface area contributed by atoms with E-state index in [4.69, 9.17) is 17.0 Å². The van der Waals surface area contributed by atoms with E-state index in [-0.39, 0.29) is 18.8 Å². The summed E-state index contributed by atoms with van der Waals surface area (Å²) < 4.78 is 5.07. The van der Waals surface area contributed by atoms with Crippen molar-refractivity contribution in [2.24, 2.45) is 0 Å². The molecule has 1 heterocycles. The van der Waals surface area contributed by atoms with Crippen molar-refractivity contribution in [3.8, 4) is 0 Å². The van der Waals surface area contributed by atoms with Crippen LogP contribution in [0.3, 0.4) is 0 Å². The van der Waals surface area contributed by atoms with Crippen molar-refractivity contribution >= 4 is 29.0 Å². The van der Waals surface area contributed by atoms with Crippen LogP contribution in [0.4, 0.5) is 5.69 Å². The van der Waals surface area contributed by atoms with E-state index in [2.05, 4.69) is 26.7 Å². The topological polar surface area (TPSA) is 96.4 Å². The number of nitrogens with zero attached hydrogens (tertiary/aromatic N) is 2. The van der Waals surface area contributed by atoms with Crippen LogP contribution in [0.2, 0.25) is 0 Å². The van der Waals surface area contributed by atoms with Crippen LogP contribution < -0.4 is 10.6 Å². The van der Waals surface area contributed by atoms with E-state index in [1.165, 1.54) is 40.8 Å². The standard InChI is InChI=1S/C22H26N4O3S/c1-2-29-20(27)22(28,18-12-23-9-10-24-18)13-25-21(30)26-19-16-7-3-5-14(16)11-15-6-4-8-17(15)19/h9-12,28H,2-8,13H2,1H3,(H2,25,26,30). The molecule has 1 aromatic heterocycles. The van der Waals surface area contributed by atoms with Crippen LogP contribution in [0, 0.1) is 0 Å². The van der Waals surface area contributed by atoms with Gasteiger partial charge in [-0.15, -0.1) is 0 Å². The number of esters is 1. The highest BCUT2D eigenvalue weighted by molar-refractivity contribution is 7.80. The van der Waals surface area contributed by atoms with Gasteiger partial charge in [0.05, 0.1) is 19.3 Å². The lowest BCUT2D eigenvalue weighted by atomic mass is 9.98. The van der Waals surface area contributed by atoms with Gasteiger partial charge in [0.1, 0.15) is 5.69 Å². The molecule has 0 saturated carbocycles. The second-order valence-electron chi connectivity index (χ2n) is 7.71. The normalized spacial score (nSPS) is 16.3. The number of hydrogen-bond acceptors (Lipinski definition) is 6. The first kappa shape index (κ1) is 20.7. The number of carbonyl (C=O) groups is 1. The molecular formula is C22H26N4O3S. The molecule has 1 atom stereocenters. The number of hydrogen-bond donors (Lipinski definition) is 3. The Morgan fingerprint density at radius 1 is 1.20 bits per heavy atom. The number of aromatic nitrogens is 2.